The largest absolute Gasteiger partial charge is 0.419 e. The lowest BCUT2D eigenvalue weighted by Crippen LogP contribution is -2.16. The zero-order valence-electron chi connectivity index (χ0n) is 12.5. The first kappa shape index (κ1) is 18.6. The molecule has 0 aliphatic carbocycles. The number of nitrogens with zero attached hydrogens (tertiary/aromatic N) is 1. The van der Waals surface area contributed by atoms with E-state index in [1.165, 1.54) is 24.3 Å². The summed E-state index contributed by atoms with van der Waals surface area (Å²) in [6.45, 7) is 1.68. The number of hydrogen-bond donors (Lipinski definition) is 1. The van der Waals surface area contributed by atoms with Gasteiger partial charge in [0.1, 0.15) is 11.5 Å². The molecule has 0 radical (unpaired) electrons. The van der Waals surface area contributed by atoms with Crippen LogP contribution in [0.4, 0.5) is 28.9 Å². The van der Waals surface area contributed by atoms with Crippen LogP contribution in [0.1, 0.15) is 11.1 Å². The number of benzene rings is 2. The first-order valence-electron chi connectivity index (χ1n) is 6.56. The summed E-state index contributed by atoms with van der Waals surface area (Å²) in [5, 5.41) is 10.9. The Labute approximate surface area is 139 Å². The monoisotopic (exact) mass is 378 g/mol. The van der Waals surface area contributed by atoms with Crippen molar-refractivity contribution >= 4 is 21.4 Å². The van der Waals surface area contributed by atoms with Gasteiger partial charge in [0.25, 0.3) is 15.7 Å². The second-order valence-corrected chi connectivity index (χ2v) is 6.71. The van der Waals surface area contributed by atoms with Gasteiger partial charge in [0, 0.05) is 0 Å². The summed E-state index contributed by atoms with van der Waals surface area (Å²) in [5.74, 6) is -1.88. The van der Waals surface area contributed by atoms with Gasteiger partial charge in [-0.3, -0.25) is 14.8 Å². The Balaban J connectivity index is 2.57. The van der Waals surface area contributed by atoms with Gasteiger partial charge in [-0.25, -0.2) is 12.8 Å². The fourth-order valence-corrected chi connectivity index (χ4v) is 3.00. The molecule has 2 aromatic rings. The van der Waals surface area contributed by atoms with Crippen LogP contribution in [0.25, 0.3) is 0 Å². The lowest BCUT2D eigenvalue weighted by atomic mass is 10.1. The van der Waals surface area contributed by atoms with E-state index in [-0.39, 0.29) is 17.0 Å². The molecule has 11 heteroatoms. The SMILES string of the molecule is Cc1ccc(S(=O)(=O)Nc2cc(C(F)(F)F)c(F)cc2[N+](=O)[O-])cc1. The van der Waals surface area contributed by atoms with Crippen LogP contribution in [-0.2, 0) is 16.2 Å². The predicted molar refractivity (Wildman–Crippen MR) is 80.0 cm³/mol. The molecule has 2 aromatic carbocycles. The smallest absolute Gasteiger partial charge is 0.273 e. The number of sulfonamides is 1. The molecule has 2 rings (SSSR count). The van der Waals surface area contributed by atoms with Crippen molar-refractivity contribution in [1.82, 2.24) is 0 Å². The van der Waals surface area contributed by atoms with E-state index in [4.69, 9.17) is 0 Å². The molecule has 0 heterocycles. The Morgan fingerprint density at radius 2 is 1.68 bits per heavy atom. The van der Waals surface area contributed by atoms with E-state index in [1.807, 2.05) is 0 Å². The van der Waals surface area contributed by atoms with Crippen molar-refractivity contribution in [3.8, 4) is 0 Å². The molecule has 0 aliphatic rings. The Hall–Kier alpha value is -2.69. The van der Waals surface area contributed by atoms with Gasteiger partial charge < -0.3 is 0 Å². The van der Waals surface area contributed by atoms with E-state index in [0.29, 0.717) is 0 Å². The summed E-state index contributed by atoms with van der Waals surface area (Å²) in [7, 11) is -4.41. The highest BCUT2D eigenvalue weighted by Gasteiger charge is 2.37. The van der Waals surface area contributed by atoms with Crippen molar-refractivity contribution in [1.29, 1.82) is 0 Å². The van der Waals surface area contributed by atoms with Gasteiger partial charge in [-0.05, 0) is 25.1 Å². The molecule has 0 saturated carbocycles. The topological polar surface area (TPSA) is 89.3 Å². The maximum Gasteiger partial charge on any atom is 0.419 e. The molecule has 1 N–H and O–H groups in total. The van der Waals surface area contributed by atoms with Crippen LogP contribution in [0.5, 0.6) is 0 Å². The average Bonchev–Trinajstić information content (AvgIpc) is 2.47. The third-order valence-electron chi connectivity index (χ3n) is 3.16. The number of nitro benzene ring substituents is 1. The number of halogens is 4. The third kappa shape index (κ3) is 4.05. The Morgan fingerprint density at radius 3 is 2.16 bits per heavy atom. The van der Waals surface area contributed by atoms with E-state index in [0.717, 1.165) is 5.56 Å². The lowest BCUT2D eigenvalue weighted by molar-refractivity contribution is -0.384. The van der Waals surface area contributed by atoms with Crippen LogP contribution < -0.4 is 4.72 Å². The highest BCUT2D eigenvalue weighted by Crippen LogP contribution is 2.37. The van der Waals surface area contributed by atoms with Crippen LogP contribution in [0.2, 0.25) is 0 Å². The van der Waals surface area contributed by atoms with Crippen LogP contribution in [0, 0.1) is 22.9 Å². The van der Waals surface area contributed by atoms with Crippen molar-refractivity contribution in [2.24, 2.45) is 0 Å². The summed E-state index contributed by atoms with van der Waals surface area (Å²) in [5.41, 5.74) is -3.22. The van der Waals surface area contributed by atoms with E-state index in [9.17, 15) is 36.1 Å². The fraction of sp³-hybridized carbons (Fsp3) is 0.143. The van der Waals surface area contributed by atoms with Gasteiger partial charge in [0.2, 0.25) is 0 Å². The zero-order valence-corrected chi connectivity index (χ0v) is 13.3. The second kappa shape index (κ2) is 6.31. The van der Waals surface area contributed by atoms with Crippen molar-refractivity contribution in [2.45, 2.75) is 18.0 Å². The first-order chi connectivity index (χ1) is 11.4. The summed E-state index contributed by atoms with van der Waals surface area (Å²) < 4.78 is 78.0. The minimum atomic E-state index is -5.15. The average molecular weight is 378 g/mol. The van der Waals surface area contributed by atoms with Crippen LogP contribution in [-0.4, -0.2) is 13.3 Å². The first-order valence-corrected chi connectivity index (χ1v) is 8.05. The van der Waals surface area contributed by atoms with Crippen LogP contribution in [0.15, 0.2) is 41.3 Å². The molecule has 134 valence electrons. The van der Waals surface area contributed by atoms with Crippen molar-refractivity contribution < 1.29 is 30.9 Å². The molecule has 0 atom stereocenters. The maximum atomic E-state index is 13.5. The number of nitro groups is 1. The van der Waals surface area contributed by atoms with Gasteiger partial charge in [0.15, 0.2) is 0 Å². The molecule has 25 heavy (non-hydrogen) atoms. The summed E-state index contributed by atoms with van der Waals surface area (Å²) in [6, 6.07) is 5.31. The third-order valence-corrected chi connectivity index (χ3v) is 4.54. The molecule has 0 aliphatic heterocycles. The summed E-state index contributed by atoms with van der Waals surface area (Å²) >= 11 is 0. The van der Waals surface area contributed by atoms with Crippen molar-refractivity contribution in [2.75, 3.05) is 4.72 Å². The van der Waals surface area contributed by atoms with Gasteiger partial charge in [-0.15, -0.1) is 0 Å². The van der Waals surface area contributed by atoms with E-state index < -0.39 is 43.9 Å². The molecular weight excluding hydrogens is 368 g/mol. The van der Waals surface area contributed by atoms with Crippen LogP contribution in [0.3, 0.4) is 0 Å². The number of alkyl halides is 3. The molecule has 0 fully saturated rings. The summed E-state index contributed by atoms with van der Waals surface area (Å²) in [6.07, 6.45) is -5.15. The highest BCUT2D eigenvalue weighted by molar-refractivity contribution is 7.92. The minimum absolute atomic E-state index is 0.0236. The molecule has 0 amide bonds. The normalized spacial score (nSPS) is 12.0. The van der Waals surface area contributed by atoms with E-state index >= 15 is 0 Å². The standard InChI is InChI=1S/C14H10F4N2O4S/c1-8-2-4-9(5-3-8)25(23,24)19-12-6-10(14(16,17)18)11(15)7-13(12)20(21)22/h2-7,19H,1H3. The Bertz CT molecular complexity index is 925. The number of anilines is 1. The van der Waals surface area contributed by atoms with E-state index in [2.05, 4.69) is 0 Å². The zero-order chi connectivity index (χ0) is 19.0. The number of nitrogens with one attached hydrogen (secondary N) is 1. The van der Waals surface area contributed by atoms with Crippen molar-refractivity contribution in [3.63, 3.8) is 0 Å². The molecule has 0 unspecified atom stereocenters. The van der Waals surface area contributed by atoms with Gasteiger partial charge in [-0.1, -0.05) is 17.7 Å². The molecule has 6 nitrogen and oxygen atoms in total. The maximum absolute atomic E-state index is 13.5. The van der Waals surface area contributed by atoms with Gasteiger partial charge in [0.05, 0.1) is 21.4 Å². The molecular formula is C14H10F4N2O4S. The molecule has 0 bridgehead atoms. The minimum Gasteiger partial charge on any atom is -0.273 e. The highest BCUT2D eigenvalue weighted by atomic mass is 32.2. The van der Waals surface area contributed by atoms with Crippen molar-refractivity contribution in [3.05, 3.63) is 63.5 Å². The molecule has 0 spiro atoms. The van der Waals surface area contributed by atoms with Crippen LogP contribution >= 0.6 is 0 Å². The van der Waals surface area contributed by atoms with E-state index in [1.54, 1.807) is 11.6 Å². The molecule has 0 saturated heterocycles. The lowest BCUT2D eigenvalue weighted by Gasteiger charge is -2.13. The Kier molecular flexibility index (Phi) is 4.71. The number of hydrogen-bond acceptors (Lipinski definition) is 4. The Morgan fingerprint density at radius 1 is 1.12 bits per heavy atom. The number of aryl methyl sites for hydroxylation is 1. The second-order valence-electron chi connectivity index (χ2n) is 5.02. The fourth-order valence-electron chi connectivity index (χ4n) is 1.93. The predicted octanol–water partition coefficient (Wildman–Crippen LogP) is 3.86. The summed E-state index contributed by atoms with van der Waals surface area (Å²) in [4.78, 5) is 9.43. The quantitative estimate of drug-likeness (QED) is 0.497. The molecule has 0 aromatic heterocycles. The van der Waals surface area contributed by atoms with Gasteiger partial charge >= 0.3 is 6.18 Å². The number of rotatable bonds is 4. The van der Waals surface area contributed by atoms with Gasteiger partial charge in [-0.2, -0.15) is 13.2 Å².